The number of amides is 1. The van der Waals surface area contributed by atoms with Crippen molar-refractivity contribution in [2.24, 2.45) is 5.14 Å². The highest BCUT2D eigenvalue weighted by atomic mass is 32.2. The number of ether oxygens (including phenoxy) is 1. The number of primary sulfonamides is 1. The van der Waals surface area contributed by atoms with Crippen molar-refractivity contribution < 1.29 is 26.4 Å². The third-order valence-corrected chi connectivity index (χ3v) is 4.86. The Morgan fingerprint density at radius 1 is 1.14 bits per heavy atom. The molecule has 1 amide bonds. The highest BCUT2D eigenvalue weighted by molar-refractivity contribution is 7.89. The second-order valence-corrected chi connectivity index (χ2v) is 7.51. The van der Waals surface area contributed by atoms with Crippen molar-refractivity contribution in [3.63, 3.8) is 0 Å². The molecule has 0 aliphatic rings. The summed E-state index contributed by atoms with van der Waals surface area (Å²) in [6.07, 6.45) is 0. The fourth-order valence-corrected chi connectivity index (χ4v) is 2.90. The largest absolute Gasteiger partial charge is 0.383 e. The second kappa shape index (κ2) is 7.65. The first kappa shape index (κ1) is 18.5. The van der Waals surface area contributed by atoms with Crippen LogP contribution in [0, 0.1) is 0 Å². The van der Waals surface area contributed by atoms with Gasteiger partial charge in [-0.25, -0.2) is 26.7 Å². The molecule has 0 aliphatic carbocycles. The van der Waals surface area contributed by atoms with Gasteiger partial charge in [0.05, 0.1) is 22.9 Å². The van der Waals surface area contributed by atoms with Gasteiger partial charge in [0.1, 0.15) is 0 Å². The maximum absolute atomic E-state index is 11.9. The van der Waals surface area contributed by atoms with Crippen molar-refractivity contribution in [2.75, 3.05) is 26.8 Å². The van der Waals surface area contributed by atoms with Crippen LogP contribution < -0.4 is 15.2 Å². The van der Waals surface area contributed by atoms with Crippen LogP contribution in [0.4, 0.5) is 0 Å². The van der Waals surface area contributed by atoms with Gasteiger partial charge in [0.15, 0.2) is 0 Å². The van der Waals surface area contributed by atoms with E-state index in [-0.39, 0.29) is 16.3 Å². The van der Waals surface area contributed by atoms with Crippen LogP contribution in [0.25, 0.3) is 0 Å². The minimum absolute atomic E-state index is 0.176. The van der Waals surface area contributed by atoms with Gasteiger partial charge in [-0.1, -0.05) is 0 Å². The Bertz CT molecular complexity index is 713. The molecule has 0 aliphatic heterocycles. The second-order valence-electron chi connectivity index (χ2n) is 4.18. The SMILES string of the molecule is COCCNC(=O)CNS(=O)(=O)c1ccc(S(N)(=O)=O)cc1. The molecule has 9 nitrogen and oxygen atoms in total. The van der Waals surface area contributed by atoms with Gasteiger partial charge in [-0.3, -0.25) is 4.79 Å². The van der Waals surface area contributed by atoms with Crippen molar-refractivity contribution in [1.82, 2.24) is 10.0 Å². The first-order valence-electron chi connectivity index (χ1n) is 6.05. The number of hydrogen-bond donors (Lipinski definition) is 3. The number of nitrogens with two attached hydrogens (primary N) is 1. The summed E-state index contributed by atoms with van der Waals surface area (Å²) in [7, 11) is -6.35. The topological polar surface area (TPSA) is 145 Å². The third kappa shape index (κ3) is 5.69. The standard InChI is InChI=1S/C11H17N3O6S2/c1-20-7-6-13-11(15)8-14-22(18,19)10-4-2-9(3-5-10)21(12,16)17/h2-5,14H,6-8H2,1H3,(H,13,15)(H2,12,16,17). The lowest BCUT2D eigenvalue weighted by Gasteiger charge is -2.08. The van der Waals surface area contributed by atoms with Crippen LogP contribution in [0.5, 0.6) is 0 Å². The van der Waals surface area contributed by atoms with Gasteiger partial charge < -0.3 is 10.1 Å². The zero-order valence-electron chi connectivity index (χ0n) is 11.8. The van der Waals surface area contributed by atoms with E-state index in [1.54, 1.807) is 0 Å². The van der Waals surface area contributed by atoms with E-state index >= 15 is 0 Å². The van der Waals surface area contributed by atoms with Crippen LogP contribution in [0.2, 0.25) is 0 Å². The van der Waals surface area contributed by atoms with Gasteiger partial charge in [-0.05, 0) is 24.3 Å². The molecule has 0 saturated carbocycles. The molecule has 1 aromatic rings. The molecule has 0 unspecified atom stereocenters. The number of nitrogens with one attached hydrogen (secondary N) is 2. The summed E-state index contributed by atoms with van der Waals surface area (Å²) < 4.78 is 52.9. The summed E-state index contributed by atoms with van der Waals surface area (Å²) >= 11 is 0. The van der Waals surface area contributed by atoms with Gasteiger partial charge in [0, 0.05) is 13.7 Å². The molecular formula is C11H17N3O6S2. The first-order chi connectivity index (χ1) is 10.2. The van der Waals surface area contributed by atoms with Crippen molar-refractivity contribution in [1.29, 1.82) is 0 Å². The fraction of sp³-hybridized carbons (Fsp3) is 0.364. The van der Waals surface area contributed by atoms with Gasteiger partial charge in [0.2, 0.25) is 26.0 Å². The molecule has 0 atom stereocenters. The van der Waals surface area contributed by atoms with Crippen LogP contribution in [0.1, 0.15) is 0 Å². The molecule has 0 aromatic heterocycles. The summed E-state index contributed by atoms with van der Waals surface area (Å²) in [5.41, 5.74) is 0. The molecule has 1 aromatic carbocycles. The van der Waals surface area contributed by atoms with Crippen LogP contribution >= 0.6 is 0 Å². The van der Waals surface area contributed by atoms with E-state index < -0.39 is 32.5 Å². The molecule has 0 saturated heterocycles. The molecule has 0 radical (unpaired) electrons. The monoisotopic (exact) mass is 351 g/mol. The minimum Gasteiger partial charge on any atom is -0.383 e. The van der Waals surface area contributed by atoms with E-state index in [4.69, 9.17) is 9.88 Å². The zero-order valence-corrected chi connectivity index (χ0v) is 13.4. The Morgan fingerprint density at radius 3 is 2.18 bits per heavy atom. The molecular weight excluding hydrogens is 334 g/mol. The van der Waals surface area contributed by atoms with Crippen molar-refractivity contribution in [3.05, 3.63) is 24.3 Å². The maximum Gasteiger partial charge on any atom is 0.241 e. The predicted molar refractivity (Wildman–Crippen MR) is 77.9 cm³/mol. The van der Waals surface area contributed by atoms with Crippen LogP contribution in [0.15, 0.2) is 34.1 Å². The lowest BCUT2D eigenvalue weighted by molar-refractivity contribution is -0.120. The summed E-state index contributed by atoms with van der Waals surface area (Å²) in [5.74, 6) is -0.512. The van der Waals surface area contributed by atoms with Crippen LogP contribution in [0.3, 0.4) is 0 Å². The predicted octanol–water partition coefficient (Wildman–Crippen LogP) is -1.63. The molecule has 11 heteroatoms. The van der Waals surface area contributed by atoms with E-state index in [1.807, 2.05) is 0 Å². The lowest BCUT2D eigenvalue weighted by Crippen LogP contribution is -2.38. The summed E-state index contributed by atoms with van der Waals surface area (Å²) in [5, 5.41) is 7.37. The van der Waals surface area contributed by atoms with Gasteiger partial charge >= 0.3 is 0 Å². The average Bonchev–Trinajstić information content (AvgIpc) is 2.45. The Balaban J connectivity index is 2.69. The molecule has 0 bridgehead atoms. The summed E-state index contributed by atoms with van der Waals surface area (Å²) in [4.78, 5) is 11.0. The Morgan fingerprint density at radius 2 is 1.68 bits per heavy atom. The molecule has 0 spiro atoms. The minimum atomic E-state index is -3.93. The van der Waals surface area contributed by atoms with E-state index in [1.165, 1.54) is 7.11 Å². The Labute approximate surface area is 128 Å². The summed E-state index contributed by atoms with van der Waals surface area (Å²) in [6, 6.07) is 4.32. The van der Waals surface area contributed by atoms with Gasteiger partial charge in [-0.2, -0.15) is 0 Å². The first-order valence-corrected chi connectivity index (χ1v) is 9.08. The number of carbonyl (C=O) groups excluding carboxylic acids is 1. The van der Waals surface area contributed by atoms with Crippen molar-refractivity contribution in [3.8, 4) is 0 Å². The van der Waals surface area contributed by atoms with Gasteiger partial charge in [-0.15, -0.1) is 0 Å². The van der Waals surface area contributed by atoms with E-state index in [0.29, 0.717) is 6.61 Å². The molecule has 0 heterocycles. The molecule has 22 heavy (non-hydrogen) atoms. The van der Waals surface area contributed by atoms with Crippen molar-refractivity contribution in [2.45, 2.75) is 9.79 Å². The lowest BCUT2D eigenvalue weighted by atomic mass is 10.4. The van der Waals surface area contributed by atoms with E-state index in [0.717, 1.165) is 24.3 Å². The molecule has 1 rings (SSSR count). The van der Waals surface area contributed by atoms with Crippen LogP contribution in [-0.4, -0.2) is 49.5 Å². The smallest absolute Gasteiger partial charge is 0.241 e. The maximum atomic E-state index is 11.9. The zero-order chi connectivity index (χ0) is 16.8. The summed E-state index contributed by atoms with van der Waals surface area (Å²) in [6.45, 7) is 0.136. The average molecular weight is 351 g/mol. The normalized spacial score (nSPS) is 12.1. The molecule has 124 valence electrons. The van der Waals surface area contributed by atoms with Gasteiger partial charge in [0.25, 0.3) is 0 Å². The highest BCUT2D eigenvalue weighted by Gasteiger charge is 2.16. The fourth-order valence-electron chi connectivity index (χ4n) is 1.41. The number of benzene rings is 1. The van der Waals surface area contributed by atoms with Crippen molar-refractivity contribution >= 4 is 26.0 Å². The number of methoxy groups -OCH3 is 1. The number of rotatable bonds is 8. The third-order valence-electron chi connectivity index (χ3n) is 2.51. The Kier molecular flexibility index (Phi) is 6.44. The molecule has 0 fully saturated rings. The number of carbonyl (C=O) groups is 1. The quantitative estimate of drug-likeness (QED) is 0.480. The Hall–Kier alpha value is -1.53. The van der Waals surface area contributed by atoms with E-state index in [9.17, 15) is 21.6 Å². The highest BCUT2D eigenvalue weighted by Crippen LogP contribution is 2.12. The number of hydrogen-bond acceptors (Lipinski definition) is 6. The number of sulfonamides is 2. The van der Waals surface area contributed by atoms with E-state index in [2.05, 4.69) is 10.0 Å². The molecule has 4 N–H and O–H groups in total. The van der Waals surface area contributed by atoms with Crippen LogP contribution in [-0.2, 0) is 29.6 Å².